The number of hydrogen-bond acceptors (Lipinski definition) is 3. The van der Waals surface area contributed by atoms with Crippen LogP contribution in [0.4, 0.5) is 6.01 Å². The predicted octanol–water partition coefficient (Wildman–Crippen LogP) is 2.96. The molecule has 2 N–H and O–H groups in total. The highest BCUT2D eigenvalue weighted by Gasteiger charge is 2.10. The SMILES string of the molecule is C/C=C/c1nc(N)oc1-c1ccccc1. The van der Waals surface area contributed by atoms with Crippen LogP contribution < -0.4 is 5.73 Å². The number of aromatic nitrogens is 1. The molecule has 0 aliphatic carbocycles. The molecule has 1 aromatic carbocycles. The lowest BCUT2D eigenvalue weighted by Gasteiger charge is -1.95. The molecule has 3 nitrogen and oxygen atoms in total. The highest BCUT2D eigenvalue weighted by atomic mass is 16.4. The molecule has 0 saturated carbocycles. The minimum Gasteiger partial charge on any atom is -0.423 e. The summed E-state index contributed by atoms with van der Waals surface area (Å²) in [7, 11) is 0. The van der Waals surface area contributed by atoms with Gasteiger partial charge in [-0.05, 0) is 13.0 Å². The molecule has 0 bridgehead atoms. The van der Waals surface area contributed by atoms with Crippen molar-refractivity contribution in [2.45, 2.75) is 6.92 Å². The summed E-state index contributed by atoms with van der Waals surface area (Å²) in [5.41, 5.74) is 7.28. The van der Waals surface area contributed by atoms with Crippen molar-refractivity contribution in [3.05, 3.63) is 42.1 Å². The summed E-state index contributed by atoms with van der Waals surface area (Å²) >= 11 is 0. The number of benzene rings is 1. The molecule has 2 aromatic rings. The van der Waals surface area contributed by atoms with Gasteiger partial charge in [-0.1, -0.05) is 36.4 Å². The Balaban J connectivity index is 2.52. The molecular weight excluding hydrogens is 188 g/mol. The quantitative estimate of drug-likeness (QED) is 0.810. The summed E-state index contributed by atoms with van der Waals surface area (Å²) in [4.78, 5) is 4.10. The molecule has 2 rings (SSSR count). The first kappa shape index (κ1) is 9.52. The Kier molecular flexibility index (Phi) is 2.54. The first-order valence-corrected chi connectivity index (χ1v) is 4.75. The van der Waals surface area contributed by atoms with Gasteiger partial charge >= 0.3 is 0 Å². The summed E-state index contributed by atoms with van der Waals surface area (Å²) in [5, 5.41) is 0. The molecule has 0 spiro atoms. The fraction of sp³-hybridized carbons (Fsp3) is 0.0833. The van der Waals surface area contributed by atoms with Gasteiger partial charge in [0.25, 0.3) is 6.01 Å². The van der Waals surface area contributed by atoms with Crippen LogP contribution in [0, 0.1) is 0 Å². The average molecular weight is 200 g/mol. The lowest BCUT2D eigenvalue weighted by molar-refractivity contribution is 0.594. The van der Waals surface area contributed by atoms with Gasteiger partial charge in [0.15, 0.2) is 5.76 Å². The van der Waals surface area contributed by atoms with Gasteiger partial charge < -0.3 is 10.2 Å². The van der Waals surface area contributed by atoms with E-state index in [0.29, 0.717) is 5.76 Å². The van der Waals surface area contributed by atoms with E-state index in [1.807, 2.05) is 49.4 Å². The molecule has 0 saturated heterocycles. The fourth-order valence-corrected chi connectivity index (χ4v) is 1.42. The first-order chi connectivity index (χ1) is 7.31. The summed E-state index contributed by atoms with van der Waals surface area (Å²) in [6.45, 7) is 1.93. The number of hydrogen-bond donors (Lipinski definition) is 1. The molecule has 0 fully saturated rings. The standard InChI is InChI=1S/C12H12N2O/c1-2-6-10-11(15-12(13)14-10)9-7-4-3-5-8-9/h2-8H,1H3,(H2,13,14)/b6-2+. The Bertz CT molecular complexity index is 472. The molecule has 3 heteroatoms. The minimum atomic E-state index is 0.196. The van der Waals surface area contributed by atoms with E-state index in [9.17, 15) is 0 Å². The topological polar surface area (TPSA) is 52.0 Å². The first-order valence-electron chi connectivity index (χ1n) is 4.75. The molecule has 0 unspecified atom stereocenters. The van der Waals surface area contributed by atoms with Crippen molar-refractivity contribution in [3.63, 3.8) is 0 Å². The molecule has 0 amide bonds. The van der Waals surface area contributed by atoms with E-state index in [4.69, 9.17) is 10.2 Å². The third-order valence-corrected chi connectivity index (χ3v) is 2.03. The van der Waals surface area contributed by atoms with Gasteiger partial charge in [0.2, 0.25) is 0 Å². The number of nitrogens with zero attached hydrogens (tertiary/aromatic N) is 1. The van der Waals surface area contributed by atoms with E-state index in [2.05, 4.69) is 4.98 Å². The predicted molar refractivity (Wildman–Crippen MR) is 61.1 cm³/mol. The third kappa shape index (κ3) is 1.91. The summed E-state index contributed by atoms with van der Waals surface area (Å²) in [6.07, 6.45) is 3.78. The van der Waals surface area contributed by atoms with E-state index in [1.165, 1.54) is 0 Å². The summed E-state index contributed by atoms with van der Waals surface area (Å²) in [6, 6.07) is 9.99. The van der Waals surface area contributed by atoms with Gasteiger partial charge in [0, 0.05) is 5.56 Å². The average Bonchev–Trinajstić information content (AvgIpc) is 2.62. The molecule has 15 heavy (non-hydrogen) atoms. The van der Waals surface area contributed by atoms with Crippen LogP contribution in [-0.4, -0.2) is 4.98 Å². The molecule has 0 aliphatic heterocycles. The van der Waals surface area contributed by atoms with Crippen LogP contribution in [0.3, 0.4) is 0 Å². The van der Waals surface area contributed by atoms with Gasteiger partial charge in [-0.25, -0.2) is 0 Å². The van der Waals surface area contributed by atoms with E-state index in [0.717, 1.165) is 11.3 Å². The smallest absolute Gasteiger partial charge is 0.293 e. The lowest BCUT2D eigenvalue weighted by Crippen LogP contribution is -1.82. The van der Waals surface area contributed by atoms with Crippen LogP contribution in [0.15, 0.2) is 40.8 Å². The molecule has 0 atom stereocenters. The Morgan fingerprint density at radius 3 is 2.67 bits per heavy atom. The lowest BCUT2D eigenvalue weighted by atomic mass is 10.1. The number of nitrogen functional groups attached to an aromatic ring is 1. The van der Waals surface area contributed by atoms with Gasteiger partial charge in [0.05, 0.1) is 0 Å². The molecule has 76 valence electrons. The van der Waals surface area contributed by atoms with Gasteiger partial charge in [0.1, 0.15) is 5.69 Å². The normalized spacial score (nSPS) is 11.0. The van der Waals surface area contributed by atoms with Crippen molar-refractivity contribution in [2.75, 3.05) is 5.73 Å². The molecule has 0 radical (unpaired) electrons. The van der Waals surface area contributed by atoms with Crippen LogP contribution in [0.25, 0.3) is 17.4 Å². The number of rotatable bonds is 2. The maximum Gasteiger partial charge on any atom is 0.293 e. The van der Waals surface area contributed by atoms with Gasteiger partial charge in [-0.15, -0.1) is 0 Å². The Morgan fingerprint density at radius 1 is 1.27 bits per heavy atom. The second-order valence-electron chi connectivity index (χ2n) is 3.13. The van der Waals surface area contributed by atoms with Crippen molar-refractivity contribution in [1.29, 1.82) is 0 Å². The molecule has 1 aromatic heterocycles. The summed E-state index contributed by atoms with van der Waals surface area (Å²) < 4.78 is 5.37. The Morgan fingerprint density at radius 2 is 2.00 bits per heavy atom. The van der Waals surface area contributed by atoms with Crippen LogP contribution >= 0.6 is 0 Å². The monoisotopic (exact) mass is 200 g/mol. The van der Waals surface area contributed by atoms with Crippen LogP contribution in [0.5, 0.6) is 0 Å². The number of oxazole rings is 1. The highest BCUT2D eigenvalue weighted by Crippen LogP contribution is 2.26. The van der Waals surface area contributed by atoms with E-state index < -0.39 is 0 Å². The second-order valence-corrected chi connectivity index (χ2v) is 3.13. The highest BCUT2D eigenvalue weighted by molar-refractivity contribution is 5.69. The molecule has 0 aliphatic rings. The molecule has 1 heterocycles. The number of anilines is 1. The van der Waals surface area contributed by atoms with Gasteiger partial charge in [-0.2, -0.15) is 4.98 Å². The maximum atomic E-state index is 5.54. The van der Waals surface area contributed by atoms with Crippen LogP contribution in [-0.2, 0) is 0 Å². The Hall–Kier alpha value is -2.03. The Labute approximate surface area is 88.2 Å². The van der Waals surface area contributed by atoms with Crippen molar-refractivity contribution in [1.82, 2.24) is 4.98 Å². The van der Waals surface area contributed by atoms with E-state index in [-0.39, 0.29) is 6.01 Å². The summed E-state index contributed by atoms with van der Waals surface area (Å²) in [5.74, 6) is 0.714. The zero-order valence-corrected chi connectivity index (χ0v) is 8.47. The zero-order chi connectivity index (χ0) is 10.7. The molecular formula is C12H12N2O. The van der Waals surface area contributed by atoms with Crippen LogP contribution in [0.1, 0.15) is 12.6 Å². The third-order valence-electron chi connectivity index (χ3n) is 2.03. The largest absolute Gasteiger partial charge is 0.423 e. The van der Waals surface area contributed by atoms with Crippen molar-refractivity contribution < 1.29 is 4.42 Å². The number of allylic oxidation sites excluding steroid dienone is 1. The van der Waals surface area contributed by atoms with E-state index >= 15 is 0 Å². The van der Waals surface area contributed by atoms with Gasteiger partial charge in [-0.3, -0.25) is 0 Å². The minimum absolute atomic E-state index is 0.196. The van der Waals surface area contributed by atoms with Crippen molar-refractivity contribution in [2.24, 2.45) is 0 Å². The van der Waals surface area contributed by atoms with E-state index in [1.54, 1.807) is 0 Å². The fourth-order valence-electron chi connectivity index (χ4n) is 1.42. The number of nitrogens with two attached hydrogens (primary N) is 1. The van der Waals surface area contributed by atoms with Crippen molar-refractivity contribution >= 4 is 12.1 Å². The zero-order valence-electron chi connectivity index (χ0n) is 8.47. The second kappa shape index (κ2) is 4.00. The van der Waals surface area contributed by atoms with Crippen molar-refractivity contribution in [3.8, 4) is 11.3 Å². The maximum absolute atomic E-state index is 5.54. The van der Waals surface area contributed by atoms with Crippen LogP contribution in [0.2, 0.25) is 0 Å².